The van der Waals surface area contributed by atoms with Crippen molar-refractivity contribution in [1.82, 2.24) is 15.2 Å². The highest BCUT2D eigenvalue weighted by molar-refractivity contribution is 9.10. The highest BCUT2D eigenvalue weighted by atomic mass is 79.9. The molecule has 0 radical (unpaired) electrons. The van der Waals surface area contributed by atoms with Crippen molar-refractivity contribution in [2.24, 2.45) is 5.92 Å². The Balaban J connectivity index is 1.28. The Morgan fingerprint density at radius 2 is 2.00 bits per heavy atom. The number of fused-ring (bicyclic) bond motifs is 3. The van der Waals surface area contributed by atoms with E-state index in [9.17, 15) is 19.5 Å². The number of rotatable bonds is 5. The summed E-state index contributed by atoms with van der Waals surface area (Å²) in [6, 6.07) is 14.0. The number of nitrogens with one attached hydrogen (secondary N) is 2. The molecule has 3 heterocycles. The number of allylic oxidation sites excluding steroid dienone is 1. The number of benzene rings is 2. The molecular weight excluding hydrogens is 620 g/mol. The van der Waals surface area contributed by atoms with E-state index in [1.165, 1.54) is 11.3 Å². The van der Waals surface area contributed by atoms with Gasteiger partial charge in [0.2, 0.25) is 11.8 Å². The monoisotopic (exact) mass is 652 g/mol. The van der Waals surface area contributed by atoms with Crippen LogP contribution in [0.1, 0.15) is 44.9 Å². The van der Waals surface area contributed by atoms with Gasteiger partial charge in [0, 0.05) is 22.5 Å². The first kappa shape index (κ1) is 28.7. The van der Waals surface area contributed by atoms with Crippen molar-refractivity contribution in [2.45, 2.75) is 68.7 Å². The Labute approximate surface area is 256 Å². The Bertz CT molecular complexity index is 1510. The molecule has 42 heavy (non-hydrogen) atoms. The molecule has 0 unspecified atom stereocenters. The van der Waals surface area contributed by atoms with Gasteiger partial charge in [0.15, 0.2) is 0 Å². The topological polar surface area (TPSA) is 121 Å². The second-order valence-electron chi connectivity index (χ2n) is 11.3. The van der Waals surface area contributed by atoms with Gasteiger partial charge in [-0.05, 0) is 56.0 Å². The minimum Gasteiger partial charge on any atom is -0.479 e. The Morgan fingerprint density at radius 1 is 1.17 bits per heavy atom. The first-order valence-electron chi connectivity index (χ1n) is 14.4. The van der Waals surface area contributed by atoms with Crippen LogP contribution in [-0.4, -0.2) is 63.0 Å². The molecule has 11 heteroatoms. The quantitative estimate of drug-likeness (QED) is 0.317. The second-order valence-corrected chi connectivity index (χ2v) is 13.2. The Morgan fingerprint density at radius 3 is 2.81 bits per heavy atom. The Kier molecular flexibility index (Phi) is 8.22. The predicted molar refractivity (Wildman–Crippen MR) is 165 cm³/mol. The molecule has 2 fully saturated rings. The fourth-order valence-electron chi connectivity index (χ4n) is 5.95. The van der Waals surface area contributed by atoms with Gasteiger partial charge in [0.25, 0.3) is 5.19 Å². The van der Waals surface area contributed by atoms with Crippen molar-refractivity contribution in [3.8, 4) is 5.19 Å². The average molecular weight is 654 g/mol. The lowest BCUT2D eigenvalue weighted by atomic mass is 10.0. The molecule has 2 aromatic carbocycles. The average Bonchev–Trinajstić information content (AvgIpc) is 3.29. The maximum atomic E-state index is 14.2. The number of anilines is 1. The molecule has 5 atom stereocenters. The third-order valence-corrected chi connectivity index (χ3v) is 9.74. The van der Waals surface area contributed by atoms with Gasteiger partial charge >= 0.3 is 5.97 Å². The first-order valence-corrected chi connectivity index (χ1v) is 16.0. The summed E-state index contributed by atoms with van der Waals surface area (Å²) in [6.07, 6.45) is 8.23. The van der Waals surface area contributed by atoms with Gasteiger partial charge in [-0.2, -0.15) is 0 Å². The fraction of sp³-hybridized carbons (Fsp3) is 0.419. The summed E-state index contributed by atoms with van der Waals surface area (Å²) in [5.41, 5.74) is 0.294. The number of carbonyl (C=O) groups excluding carboxylic acids is 2. The van der Waals surface area contributed by atoms with Gasteiger partial charge in [-0.25, -0.2) is 9.78 Å². The summed E-state index contributed by atoms with van der Waals surface area (Å²) in [7, 11) is 0. The van der Waals surface area contributed by atoms with Crippen molar-refractivity contribution in [1.29, 1.82) is 0 Å². The van der Waals surface area contributed by atoms with Crippen LogP contribution in [0.5, 0.6) is 5.19 Å². The number of carbonyl (C=O) groups is 3. The molecule has 3 aromatic rings. The highest BCUT2D eigenvalue weighted by Crippen LogP contribution is 2.45. The lowest BCUT2D eigenvalue weighted by Gasteiger charge is -2.30. The normalized spacial score (nSPS) is 28.3. The van der Waals surface area contributed by atoms with Crippen LogP contribution < -0.4 is 15.4 Å². The number of carboxylic acid groups (broad SMARTS) is 1. The molecule has 1 saturated carbocycles. The third kappa shape index (κ3) is 6.03. The van der Waals surface area contributed by atoms with E-state index in [4.69, 9.17) is 4.74 Å². The lowest BCUT2D eigenvalue weighted by Crippen LogP contribution is -2.55. The van der Waals surface area contributed by atoms with E-state index >= 15 is 0 Å². The molecule has 220 valence electrons. The summed E-state index contributed by atoms with van der Waals surface area (Å²) in [6.45, 7) is 0.201. The number of aliphatic carboxylic acids is 1. The van der Waals surface area contributed by atoms with Crippen LogP contribution in [0, 0.1) is 5.92 Å². The van der Waals surface area contributed by atoms with Crippen molar-refractivity contribution < 1.29 is 24.2 Å². The number of halogens is 1. The minimum absolute atomic E-state index is 0.192. The molecule has 0 spiro atoms. The number of carboxylic acids is 1. The van der Waals surface area contributed by atoms with Crippen LogP contribution in [0.4, 0.5) is 5.69 Å². The third-order valence-electron chi connectivity index (χ3n) is 8.33. The van der Waals surface area contributed by atoms with Gasteiger partial charge in [0.05, 0.1) is 16.8 Å². The summed E-state index contributed by atoms with van der Waals surface area (Å²) < 4.78 is 8.18. The van der Waals surface area contributed by atoms with Crippen LogP contribution in [0.3, 0.4) is 0 Å². The summed E-state index contributed by atoms with van der Waals surface area (Å²) in [5, 5.41) is 16.8. The fourth-order valence-corrected chi connectivity index (χ4v) is 7.39. The van der Waals surface area contributed by atoms with Crippen LogP contribution in [0.15, 0.2) is 65.2 Å². The van der Waals surface area contributed by atoms with E-state index in [0.717, 1.165) is 46.1 Å². The minimum atomic E-state index is -1.34. The molecule has 3 N–H and O–H groups in total. The highest BCUT2D eigenvalue weighted by Gasteiger charge is 2.61. The summed E-state index contributed by atoms with van der Waals surface area (Å²) in [5.74, 6) is -1.98. The number of aromatic nitrogens is 1. The molecule has 1 aliphatic carbocycles. The molecule has 9 nitrogen and oxygen atoms in total. The largest absolute Gasteiger partial charge is 0.479 e. The van der Waals surface area contributed by atoms with Gasteiger partial charge in [0.1, 0.15) is 23.7 Å². The van der Waals surface area contributed by atoms with Gasteiger partial charge < -0.3 is 25.4 Å². The molecule has 0 bridgehead atoms. The Hall–Kier alpha value is -3.44. The van der Waals surface area contributed by atoms with Crippen molar-refractivity contribution in [2.75, 3.05) is 11.9 Å². The first-order chi connectivity index (χ1) is 20.3. The van der Waals surface area contributed by atoms with Crippen LogP contribution in [-0.2, 0) is 14.4 Å². The van der Waals surface area contributed by atoms with Crippen LogP contribution in [0.2, 0.25) is 0 Å². The van der Waals surface area contributed by atoms with Gasteiger partial charge in [-0.1, -0.05) is 70.5 Å². The molecule has 6 rings (SSSR count). The van der Waals surface area contributed by atoms with Gasteiger partial charge in [-0.3, -0.25) is 9.59 Å². The number of hydrogen-bond acceptors (Lipinski definition) is 7. The lowest BCUT2D eigenvalue weighted by molar-refractivity contribution is -0.145. The molecule has 1 saturated heterocycles. The molecule has 2 amide bonds. The number of hydrogen-bond donors (Lipinski definition) is 3. The van der Waals surface area contributed by atoms with E-state index in [-0.39, 0.29) is 24.8 Å². The standard InChI is InChI=1S/C31H33BrN4O5S/c32-20-13-14-23-26(15-20)42-30(34-23)41-22-16-25-27(37)35-31(29(39)40)17-19(31)9-5-2-1-3-8-12-24(28(38)36(25)18-22)33-21-10-6-4-7-11-21/h4-7,9-11,13-15,19,22,24-25,33H,1-3,8,12,16-18H2,(H,35,37)(H,39,40)/t19-,22-,24+,25+,31-/m1/s1. The summed E-state index contributed by atoms with van der Waals surface area (Å²) in [4.78, 5) is 46.4. The molecule has 1 aromatic heterocycles. The van der Waals surface area contributed by atoms with E-state index in [0.29, 0.717) is 18.0 Å². The number of amides is 2. The van der Waals surface area contributed by atoms with Crippen LogP contribution in [0.25, 0.3) is 10.2 Å². The number of para-hydroxylation sites is 1. The van der Waals surface area contributed by atoms with Crippen molar-refractivity contribution >= 4 is 61.0 Å². The SMILES string of the molecule is O=C1N[C@]2(C(=O)O)C[C@H]2C=CCCCCC[C@H](Nc2ccccc2)C(=O)N2C[C@H](Oc3nc4ccc(Br)cc4s3)C[C@@H]12. The van der Waals surface area contributed by atoms with E-state index in [1.807, 2.05) is 60.7 Å². The second kappa shape index (κ2) is 12.0. The predicted octanol–water partition coefficient (Wildman–Crippen LogP) is 5.37. The van der Waals surface area contributed by atoms with Crippen molar-refractivity contribution in [3.05, 3.63) is 65.2 Å². The number of nitrogens with zero attached hydrogens (tertiary/aromatic N) is 2. The van der Waals surface area contributed by atoms with E-state index < -0.39 is 35.6 Å². The van der Waals surface area contributed by atoms with Gasteiger partial charge in [-0.15, -0.1) is 0 Å². The molecule has 3 aliphatic rings. The van der Waals surface area contributed by atoms with E-state index in [1.54, 1.807) is 4.90 Å². The van der Waals surface area contributed by atoms with Crippen LogP contribution >= 0.6 is 27.3 Å². The maximum absolute atomic E-state index is 14.2. The maximum Gasteiger partial charge on any atom is 0.330 e. The van der Waals surface area contributed by atoms with Crippen molar-refractivity contribution in [3.63, 3.8) is 0 Å². The number of ether oxygens (including phenoxy) is 1. The zero-order valence-electron chi connectivity index (χ0n) is 23.0. The molecule has 2 aliphatic heterocycles. The smallest absolute Gasteiger partial charge is 0.330 e. The van der Waals surface area contributed by atoms with E-state index in [2.05, 4.69) is 31.5 Å². The summed E-state index contributed by atoms with van der Waals surface area (Å²) >= 11 is 4.89. The zero-order chi connectivity index (χ0) is 29.3. The molecular formula is C31H33BrN4O5S. The number of thiazole rings is 1. The zero-order valence-corrected chi connectivity index (χ0v) is 25.4.